The molecule has 1 aromatic carbocycles. The molecule has 0 radical (unpaired) electrons. The molecule has 0 bridgehead atoms. The third-order valence-corrected chi connectivity index (χ3v) is 3.69. The quantitative estimate of drug-likeness (QED) is 0.772. The molecule has 2 N–H and O–H groups in total. The average molecular weight is 256 g/mol. The van der Waals surface area contributed by atoms with Gasteiger partial charge in [0.05, 0.1) is 11.2 Å². The standard InChI is InChI=1S/C17H24N2/c1-3-4-5-6-10-15(18)17-12-13(2)14-9-7-8-11-16(14)19-17/h7-9,11-12,15H,3-6,10,18H2,1-2H3. The maximum Gasteiger partial charge on any atom is 0.0708 e. The van der Waals surface area contributed by atoms with Gasteiger partial charge in [-0.2, -0.15) is 0 Å². The van der Waals surface area contributed by atoms with E-state index in [1.807, 2.05) is 6.07 Å². The van der Waals surface area contributed by atoms with E-state index >= 15 is 0 Å². The molecule has 1 unspecified atom stereocenters. The number of nitrogens with zero attached hydrogens (tertiary/aromatic N) is 1. The SMILES string of the molecule is CCCCCCC(N)c1cc(C)c2ccccc2n1. The number of pyridine rings is 1. The number of unbranched alkanes of at least 4 members (excludes halogenated alkanes) is 3. The molecular weight excluding hydrogens is 232 g/mol. The van der Waals surface area contributed by atoms with Crippen LogP contribution in [-0.2, 0) is 0 Å². The fourth-order valence-electron chi connectivity index (χ4n) is 2.50. The first-order valence-corrected chi connectivity index (χ1v) is 7.34. The third-order valence-electron chi connectivity index (χ3n) is 3.69. The summed E-state index contributed by atoms with van der Waals surface area (Å²) >= 11 is 0. The number of hydrogen-bond donors (Lipinski definition) is 1. The van der Waals surface area contributed by atoms with Crippen molar-refractivity contribution < 1.29 is 0 Å². The molecule has 0 saturated heterocycles. The van der Waals surface area contributed by atoms with Crippen molar-refractivity contribution in [3.63, 3.8) is 0 Å². The summed E-state index contributed by atoms with van der Waals surface area (Å²) in [5.74, 6) is 0. The van der Waals surface area contributed by atoms with Gasteiger partial charge in [-0.1, -0.05) is 50.8 Å². The van der Waals surface area contributed by atoms with Gasteiger partial charge < -0.3 is 5.73 Å². The first-order chi connectivity index (χ1) is 9.22. The number of para-hydroxylation sites is 1. The molecule has 0 fully saturated rings. The van der Waals surface area contributed by atoms with Gasteiger partial charge in [-0.3, -0.25) is 4.98 Å². The molecule has 2 nitrogen and oxygen atoms in total. The molecule has 0 amide bonds. The predicted molar refractivity (Wildman–Crippen MR) is 82.2 cm³/mol. The minimum Gasteiger partial charge on any atom is -0.323 e. The predicted octanol–water partition coefficient (Wildman–Crippen LogP) is 4.51. The zero-order chi connectivity index (χ0) is 13.7. The normalized spacial score (nSPS) is 12.8. The maximum absolute atomic E-state index is 6.27. The Balaban J connectivity index is 2.11. The molecule has 0 spiro atoms. The Morgan fingerprint density at radius 1 is 1.16 bits per heavy atom. The molecule has 0 aliphatic heterocycles. The number of aryl methyl sites for hydroxylation is 1. The Morgan fingerprint density at radius 2 is 1.95 bits per heavy atom. The lowest BCUT2D eigenvalue weighted by Gasteiger charge is -2.13. The van der Waals surface area contributed by atoms with Crippen molar-refractivity contribution in [2.75, 3.05) is 0 Å². The highest BCUT2D eigenvalue weighted by molar-refractivity contribution is 5.82. The van der Waals surface area contributed by atoms with Gasteiger partial charge >= 0.3 is 0 Å². The van der Waals surface area contributed by atoms with Crippen molar-refractivity contribution in [3.05, 3.63) is 41.6 Å². The second-order valence-electron chi connectivity index (χ2n) is 5.34. The molecular formula is C17H24N2. The Morgan fingerprint density at radius 3 is 2.74 bits per heavy atom. The summed E-state index contributed by atoms with van der Waals surface area (Å²) in [6.45, 7) is 4.37. The Hall–Kier alpha value is -1.41. The van der Waals surface area contributed by atoms with Crippen molar-refractivity contribution >= 4 is 10.9 Å². The van der Waals surface area contributed by atoms with Crippen LogP contribution in [0.15, 0.2) is 30.3 Å². The van der Waals surface area contributed by atoms with E-state index in [0.717, 1.165) is 17.6 Å². The zero-order valence-corrected chi connectivity index (χ0v) is 12.0. The summed E-state index contributed by atoms with van der Waals surface area (Å²) in [5, 5.41) is 1.23. The molecule has 0 saturated carbocycles. The average Bonchev–Trinajstić information content (AvgIpc) is 2.43. The lowest BCUT2D eigenvalue weighted by molar-refractivity contribution is 0.558. The van der Waals surface area contributed by atoms with E-state index < -0.39 is 0 Å². The van der Waals surface area contributed by atoms with Gasteiger partial charge in [0, 0.05) is 11.4 Å². The molecule has 0 aliphatic rings. The molecule has 2 heteroatoms. The Labute approximate surface area is 116 Å². The van der Waals surface area contributed by atoms with E-state index in [1.165, 1.54) is 36.6 Å². The van der Waals surface area contributed by atoms with Crippen LogP contribution in [0.25, 0.3) is 10.9 Å². The van der Waals surface area contributed by atoms with Crippen LogP contribution in [0.5, 0.6) is 0 Å². The monoisotopic (exact) mass is 256 g/mol. The van der Waals surface area contributed by atoms with Crippen molar-refractivity contribution in [1.82, 2.24) is 4.98 Å². The molecule has 1 aromatic heterocycles. The van der Waals surface area contributed by atoms with Crippen LogP contribution in [0.2, 0.25) is 0 Å². The van der Waals surface area contributed by atoms with E-state index in [4.69, 9.17) is 10.7 Å². The number of hydrogen-bond acceptors (Lipinski definition) is 2. The molecule has 19 heavy (non-hydrogen) atoms. The van der Waals surface area contributed by atoms with Crippen molar-refractivity contribution in [3.8, 4) is 0 Å². The molecule has 2 rings (SSSR count). The second kappa shape index (κ2) is 6.67. The van der Waals surface area contributed by atoms with E-state index in [1.54, 1.807) is 0 Å². The Bertz CT molecular complexity index is 534. The fourth-order valence-corrected chi connectivity index (χ4v) is 2.50. The van der Waals surface area contributed by atoms with Gasteiger partial charge in [0.1, 0.15) is 0 Å². The highest BCUT2D eigenvalue weighted by Gasteiger charge is 2.09. The van der Waals surface area contributed by atoms with E-state index in [2.05, 4.69) is 38.1 Å². The fraction of sp³-hybridized carbons (Fsp3) is 0.471. The van der Waals surface area contributed by atoms with Gasteiger partial charge in [0.2, 0.25) is 0 Å². The number of aromatic nitrogens is 1. The van der Waals surface area contributed by atoms with Crippen LogP contribution in [0, 0.1) is 6.92 Å². The zero-order valence-electron chi connectivity index (χ0n) is 12.0. The van der Waals surface area contributed by atoms with Crippen LogP contribution < -0.4 is 5.73 Å². The lowest BCUT2D eigenvalue weighted by Crippen LogP contribution is -2.12. The first-order valence-electron chi connectivity index (χ1n) is 7.34. The van der Waals surface area contributed by atoms with Crippen LogP contribution in [0.4, 0.5) is 0 Å². The van der Waals surface area contributed by atoms with Crippen molar-refractivity contribution in [1.29, 1.82) is 0 Å². The van der Waals surface area contributed by atoms with Crippen LogP contribution in [0.3, 0.4) is 0 Å². The van der Waals surface area contributed by atoms with Crippen LogP contribution >= 0.6 is 0 Å². The molecule has 1 atom stereocenters. The summed E-state index contributed by atoms with van der Waals surface area (Å²) in [6.07, 6.45) is 6.07. The van der Waals surface area contributed by atoms with Gasteiger partial charge in [-0.15, -0.1) is 0 Å². The highest BCUT2D eigenvalue weighted by Crippen LogP contribution is 2.22. The van der Waals surface area contributed by atoms with Gasteiger partial charge in [-0.05, 0) is 31.0 Å². The lowest BCUT2D eigenvalue weighted by atomic mass is 10.0. The second-order valence-corrected chi connectivity index (χ2v) is 5.34. The van der Waals surface area contributed by atoms with Crippen LogP contribution in [0.1, 0.15) is 56.3 Å². The summed E-state index contributed by atoms with van der Waals surface area (Å²) < 4.78 is 0. The van der Waals surface area contributed by atoms with Crippen molar-refractivity contribution in [2.45, 2.75) is 52.0 Å². The van der Waals surface area contributed by atoms with E-state index in [0.29, 0.717) is 0 Å². The summed E-state index contributed by atoms with van der Waals surface area (Å²) in [5.41, 5.74) is 9.63. The summed E-state index contributed by atoms with van der Waals surface area (Å²) in [6, 6.07) is 10.5. The molecule has 0 aliphatic carbocycles. The Kier molecular flexibility index (Phi) is 4.92. The van der Waals surface area contributed by atoms with Crippen LogP contribution in [-0.4, -0.2) is 4.98 Å². The number of nitrogens with two attached hydrogens (primary N) is 1. The number of fused-ring (bicyclic) bond motifs is 1. The van der Waals surface area contributed by atoms with Crippen molar-refractivity contribution in [2.24, 2.45) is 5.73 Å². The van der Waals surface area contributed by atoms with Gasteiger partial charge in [0.15, 0.2) is 0 Å². The largest absolute Gasteiger partial charge is 0.323 e. The number of benzene rings is 1. The molecule has 102 valence electrons. The minimum atomic E-state index is 0.0696. The molecule has 2 aromatic rings. The number of rotatable bonds is 6. The minimum absolute atomic E-state index is 0.0696. The van der Waals surface area contributed by atoms with Gasteiger partial charge in [0.25, 0.3) is 0 Å². The van der Waals surface area contributed by atoms with Gasteiger partial charge in [-0.25, -0.2) is 0 Å². The summed E-state index contributed by atoms with van der Waals surface area (Å²) in [4.78, 5) is 4.71. The topological polar surface area (TPSA) is 38.9 Å². The van der Waals surface area contributed by atoms with E-state index in [-0.39, 0.29) is 6.04 Å². The van der Waals surface area contributed by atoms with E-state index in [9.17, 15) is 0 Å². The third kappa shape index (κ3) is 3.54. The highest BCUT2D eigenvalue weighted by atomic mass is 14.8. The maximum atomic E-state index is 6.27. The summed E-state index contributed by atoms with van der Waals surface area (Å²) in [7, 11) is 0. The smallest absolute Gasteiger partial charge is 0.0708 e. The molecule has 1 heterocycles. The first kappa shape index (κ1) is 14.0.